The molecule has 0 spiro atoms. The summed E-state index contributed by atoms with van der Waals surface area (Å²) >= 11 is 0. The highest BCUT2D eigenvalue weighted by Gasteiger charge is 2.61. The van der Waals surface area contributed by atoms with Crippen LogP contribution < -0.4 is 5.32 Å². The minimum absolute atomic E-state index is 0.0428. The van der Waals surface area contributed by atoms with Crippen LogP contribution in [-0.2, 0) is 4.79 Å². The number of fused-ring (bicyclic) bond motifs is 4. The zero-order chi connectivity index (χ0) is 22.5. The van der Waals surface area contributed by atoms with E-state index >= 15 is 0 Å². The quantitative estimate of drug-likeness (QED) is 0.590. The van der Waals surface area contributed by atoms with E-state index in [1.807, 2.05) is 19.2 Å². The van der Waals surface area contributed by atoms with Crippen molar-refractivity contribution in [3.8, 4) is 0 Å². The highest BCUT2D eigenvalue weighted by atomic mass is 16.3. The molecular weight excluding hydrogens is 398 g/mol. The summed E-state index contributed by atoms with van der Waals surface area (Å²) < 4.78 is 0. The Morgan fingerprint density at radius 2 is 1.94 bits per heavy atom. The first kappa shape index (κ1) is 21.7. The highest BCUT2D eigenvalue weighted by molar-refractivity contribution is 5.93. The molecule has 3 N–H and O–H groups in total. The van der Waals surface area contributed by atoms with Crippen LogP contribution in [0.1, 0.15) is 63.4 Å². The second kappa shape index (κ2) is 8.00. The van der Waals surface area contributed by atoms with Crippen LogP contribution in [0.3, 0.4) is 0 Å². The van der Waals surface area contributed by atoms with Crippen LogP contribution in [-0.4, -0.2) is 35.3 Å². The number of aliphatic hydroxyl groups is 2. The zero-order valence-corrected chi connectivity index (χ0v) is 19.2. The van der Waals surface area contributed by atoms with Gasteiger partial charge in [-0.2, -0.15) is 0 Å². The summed E-state index contributed by atoms with van der Waals surface area (Å²) in [5.41, 5.74) is 5.51. The fourth-order valence-electron chi connectivity index (χ4n) is 7.40. The SMILES string of the molecule is CNc1ccc([C@H]2C[C@@]3(C)[C@@H](CC[C@@]3(O)/C=C\CO)[C@@H]3CCC4=CC(=O)CCC4=C32)cc1. The van der Waals surface area contributed by atoms with Gasteiger partial charge in [-0.15, -0.1) is 0 Å². The van der Waals surface area contributed by atoms with Gasteiger partial charge >= 0.3 is 0 Å². The first-order chi connectivity index (χ1) is 15.4. The average Bonchev–Trinajstić information content (AvgIpc) is 3.07. The molecule has 1 aromatic carbocycles. The van der Waals surface area contributed by atoms with Crippen LogP contribution in [0.4, 0.5) is 5.69 Å². The molecule has 1 aromatic rings. The van der Waals surface area contributed by atoms with Gasteiger partial charge in [0, 0.05) is 30.5 Å². The van der Waals surface area contributed by atoms with Gasteiger partial charge in [0.2, 0.25) is 0 Å². The van der Waals surface area contributed by atoms with Gasteiger partial charge in [-0.05, 0) is 85.3 Å². The van der Waals surface area contributed by atoms with Crippen molar-refractivity contribution in [2.45, 2.75) is 63.4 Å². The summed E-state index contributed by atoms with van der Waals surface area (Å²) in [7, 11) is 1.94. The second-order valence-corrected chi connectivity index (χ2v) is 10.4. The molecule has 2 fully saturated rings. The molecular formula is C28H35NO3. The van der Waals surface area contributed by atoms with E-state index in [2.05, 4.69) is 36.5 Å². The maximum Gasteiger partial charge on any atom is 0.156 e. The Morgan fingerprint density at radius 3 is 2.66 bits per heavy atom. The molecule has 4 heteroatoms. The third-order valence-corrected chi connectivity index (χ3v) is 9.05. The summed E-state index contributed by atoms with van der Waals surface area (Å²) in [5.74, 6) is 1.37. The molecule has 0 aromatic heterocycles. The van der Waals surface area contributed by atoms with Gasteiger partial charge in [0.1, 0.15) is 0 Å². The number of aliphatic hydroxyl groups excluding tert-OH is 1. The van der Waals surface area contributed by atoms with Gasteiger partial charge in [0.15, 0.2) is 5.78 Å². The van der Waals surface area contributed by atoms with E-state index in [4.69, 9.17) is 0 Å². The van der Waals surface area contributed by atoms with Gasteiger partial charge < -0.3 is 15.5 Å². The van der Waals surface area contributed by atoms with Crippen LogP contribution in [0.25, 0.3) is 0 Å². The molecule has 0 heterocycles. The van der Waals surface area contributed by atoms with E-state index in [1.165, 1.54) is 16.7 Å². The predicted octanol–water partition coefficient (Wildman–Crippen LogP) is 4.91. The topological polar surface area (TPSA) is 69.6 Å². The van der Waals surface area contributed by atoms with Crippen molar-refractivity contribution >= 4 is 11.5 Å². The molecule has 2 saturated carbocycles. The van der Waals surface area contributed by atoms with Crippen molar-refractivity contribution in [3.05, 3.63) is 64.8 Å². The normalized spacial score (nSPS) is 36.6. The van der Waals surface area contributed by atoms with Gasteiger partial charge in [0.25, 0.3) is 0 Å². The third kappa shape index (κ3) is 3.22. The van der Waals surface area contributed by atoms with E-state index in [-0.39, 0.29) is 23.7 Å². The molecule has 4 aliphatic carbocycles. The second-order valence-electron chi connectivity index (χ2n) is 10.4. The summed E-state index contributed by atoms with van der Waals surface area (Å²) in [6.07, 6.45) is 11.6. The number of allylic oxidation sites excluding steroid dienone is 4. The van der Waals surface area contributed by atoms with E-state index < -0.39 is 5.60 Å². The molecule has 0 radical (unpaired) electrons. The van der Waals surface area contributed by atoms with E-state index in [1.54, 1.807) is 11.6 Å². The summed E-state index contributed by atoms with van der Waals surface area (Å²) in [6.45, 7) is 2.23. The van der Waals surface area contributed by atoms with Crippen molar-refractivity contribution < 1.29 is 15.0 Å². The van der Waals surface area contributed by atoms with E-state index in [9.17, 15) is 15.0 Å². The smallest absolute Gasteiger partial charge is 0.156 e. The lowest BCUT2D eigenvalue weighted by Gasteiger charge is -2.54. The Hall–Kier alpha value is -2.17. The minimum Gasteiger partial charge on any atom is -0.392 e. The number of hydrogen-bond donors (Lipinski definition) is 3. The molecule has 4 nitrogen and oxygen atoms in total. The number of hydrogen-bond acceptors (Lipinski definition) is 4. The molecule has 32 heavy (non-hydrogen) atoms. The number of carbonyl (C=O) groups excluding carboxylic acids is 1. The molecule has 5 atom stereocenters. The lowest BCUT2D eigenvalue weighted by atomic mass is 9.51. The molecule has 0 saturated heterocycles. The third-order valence-electron chi connectivity index (χ3n) is 9.05. The molecule has 170 valence electrons. The fourth-order valence-corrected chi connectivity index (χ4v) is 7.40. The lowest BCUT2D eigenvalue weighted by molar-refractivity contribution is -0.114. The standard InChI is InChI=1S/C28H35NO3/c1-27-17-24(18-4-7-20(29-2)8-5-18)26-22-11-9-21(31)16-19(22)6-10-23(26)25(27)12-14-28(27,32)13-3-15-30/h3-5,7-8,13,16,23-25,29-30,32H,6,9-12,14-15,17H2,1-2H3/b13-3-/t23-,24+,25-,27-,28-/m0/s1. The summed E-state index contributed by atoms with van der Waals surface area (Å²) in [6, 6.07) is 8.74. The molecule has 0 unspecified atom stereocenters. The molecule has 0 bridgehead atoms. The number of carbonyl (C=O) groups is 1. The maximum absolute atomic E-state index is 12.2. The number of ketones is 1. The van der Waals surface area contributed by atoms with Crippen molar-refractivity contribution in [2.24, 2.45) is 17.3 Å². The van der Waals surface area contributed by atoms with Crippen LogP contribution in [0.15, 0.2) is 59.2 Å². The minimum atomic E-state index is -0.890. The molecule has 5 rings (SSSR count). The summed E-state index contributed by atoms with van der Waals surface area (Å²) in [4.78, 5) is 12.2. The molecule has 0 amide bonds. The Kier molecular flexibility index (Phi) is 5.42. The van der Waals surface area contributed by atoms with Gasteiger partial charge in [-0.25, -0.2) is 0 Å². The fraction of sp³-hybridized carbons (Fsp3) is 0.536. The first-order valence-electron chi connectivity index (χ1n) is 12.2. The van der Waals surface area contributed by atoms with Crippen molar-refractivity contribution in [1.29, 1.82) is 0 Å². The van der Waals surface area contributed by atoms with E-state index in [0.717, 1.165) is 44.2 Å². The lowest BCUT2D eigenvalue weighted by Crippen LogP contribution is -2.50. The maximum atomic E-state index is 12.2. The predicted molar refractivity (Wildman–Crippen MR) is 127 cm³/mol. The Balaban J connectivity index is 1.65. The van der Waals surface area contributed by atoms with Crippen LogP contribution in [0, 0.1) is 17.3 Å². The first-order valence-corrected chi connectivity index (χ1v) is 12.2. The van der Waals surface area contributed by atoms with Crippen LogP contribution in [0.2, 0.25) is 0 Å². The van der Waals surface area contributed by atoms with Crippen LogP contribution in [0.5, 0.6) is 0 Å². The number of nitrogens with one attached hydrogen (secondary N) is 1. The Labute approximate surface area is 191 Å². The van der Waals surface area contributed by atoms with Crippen molar-refractivity contribution in [1.82, 2.24) is 0 Å². The Bertz CT molecular complexity index is 1000. The van der Waals surface area contributed by atoms with Crippen molar-refractivity contribution in [3.63, 3.8) is 0 Å². The number of anilines is 1. The number of benzene rings is 1. The highest BCUT2D eigenvalue weighted by Crippen LogP contribution is 2.67. The summed E-state index contributed by atoms with van der Waals surface area (Å²) in [5, 5.41) is 24.4. The van der Waals surface area contributed by atoms with Gasteiger partial charge in [0.05, 0.1) is 12.2 Å². The monoisotopic (exact) mass is 433 g/mol. The largest absolute Gasteiger partial charge is 0.392 e. The molecule has 4 aliphatic rings. The van der Waals surface area contributed by atoms with Gasteiger partial charge in [-0.1, -0.05) is 36.8 Å². The number of rotatable bonds is 4. The van der Waals surface area contributed by atoms with Crippen molar-refractivity contribution in [2.75, 3.05) is 19.0 Å². The van der Waals surface area contributed by atoms with Gasteiger partial charge in [-0.3, -0.25) is 4.79 Å². The van der Waals surface area contributed by atoms with Crippen LogP contribution >= 0.6 is 0 Å². The Morgan fingerprint density at radius 1 is 1.16 bits per heavy atom. The average molecular weight is 434 g/mol. The van der Waals surface area contributed by atoms with E-state index in [0.29, 0.717) is 18.3 Å². The molecule has 0 aliphatic heterocycles. The zero-order valence-electron chi connectivity index (χ0n) is 19.2.